The number of nitro groups is 1. The number of nitro benzene ring substituents is 1. The van der Waals surface area contributed by atoms with E-state index < -0.39 is 4.92 Å². The fraction of sp³-hybridized carbons (Fsp3) is 0.500. The van der Waals surface area contributed by atoms with Crippen molar-refractivity contribution in [1.82, 2.24) is 15.5 Å². The van der Waals surface area contributed by atoms with Crippen LogP contribution >= 0.6 is 0 Å². The summed E-state index contributed by atoms with van der Waals surface area (Å²) in [6.45, 7) is 3.67. The highest BCUT2D eigenvalue weighted by atomic mass is 16.6. The topological polar surface area (TPSA) is 99.9 Å². The number of piperidine rings is 1. The number of hydrogen-bond acceptors (Lipinski definition) is 4. The van der Waals surface area contributed by atoms with Gasteiger partial charge in [0.25, 0.3) is 5.69 Å². The summed E-state index contributed by atoms with van der Waals surface area (Å²) in [6, 6.07) is 6.61. The number of amides is 1. The number of nitrogens with zero attached hydrogens (tertiary/aromatic N) is 3. The molecule has 2 N–H and O–H groups in total. The molecule has 0 bridgehead atoms. The van der Waals surface area contributed by atoms with E-state index in [1.165, 1.54) is 12.1 Å². The largest absolute Gasteiger partial charge is 0.357 e. The van der Waals surface area contributed by atoms with Crippen molar-refractivity contribution < 1.29 is 9.72 Å². The van der Waals surface area contributed by atoms with Crippen LogP contribution in [0.3, 0.4) is 0 Å². The van der Waals surface area contributed by atoms with Crippen molar-refractivity contribution in [2.75, 3.05) is 20.1 Å². The molecule has 8 heteroatoms. The predicted octanol–water partition coefficient (Wildman–Crippen LogP) is 1.27. The third-order valence-electron chi connectivity index (χ3n) is 3.85. The molecule has 1 unspecified atom stereocenters. The number of nitrogens with one attached hydrogen (secondary N) is 2. The highest BCUT2D eigenvalue weighted by Gasteiger charge is 2.23. The summed E-state index contributed by atoms with van der Waals surface area (Å²) < 4.78 is 0. The lowest BCUT2D eigenvalue weighted by molar-refractivity contribution is -0.384. The Hall–Kier alpha value is -2.64. The molecule has 0 aliphatic carbocycles. The predicted molar refractivity (Wildman–Crippen MR) is 91.7 cm³/mol. The van der Waals surface area contributed by atoms with Crippen LogP contribution in [0.4, 0.5) is 5.69 Å². The minimum atomic E-state index is -0.411. The zero-order chi connectivity index (χ0) is 17.5. The average molecular weight is 333 g/mol. The fourth-order valence-corrected chi connectivity index (χ4v) is 2.58. The van der Waals surface area contributed by atoms with Crippen molar-refractivity contribution in [3.8, 4) is 0 Å². The lowest BCUT2D eigenvalue weighted by Gasteiger charge is -2.31. The first-order valence-corrected chi connectivity index (χ1v) is 8.01. The number of aliphatic imine (C=N–C) groups is 1. The van der Waals surface area contributed by atoms with E-state index in [-0.39, 0.29) is 17.6 Å². The summed E-state index contributed by atoms with van der Waals surface area (Å²) in [5.74, 6) is 0.809. The van der Waals surface area contributed by atoms with Crippen molar-refractivity contribution in [2.24, 2.45) is 4.99 Å². The van der Waals surface area contributed by atoms with E-state index >= 15 is 0 Å². The van der Waals surface area contributed by atoms with Gasteiger partial charge >= 0.3 is 0 Å². The Morgan fingerprint density at radius 3 is 2.96 bits per heavy atom. The van der Waals surface area contributed by atoms with Crippen LogP contribution in [0.1, 0.15) is 25.3 Å². The smallest absolute Gasteiger partial charge is 0.269 e. The monoisotopic (exact) mass is 333 g/mol. The molecule has 0 spiro atoms. The first kappa shape index (κ1) is 17.7. The van der Waals surface area contributed by atoms with Crippen LogP contribution in [0.15, 0.2) is 29.3 Å². The Labute approximate surface area is 141 Å². The minimum Gasteiger partial charge on any atom is -0.357 e. The molecule has 1 atom stereocenters. The van der Waals surface area contributed by atoms with E-state index in [1.54, 1.807) is 18.0 Å². The Morgan fingerprint density at radius 1 is 1.50 bits per heavy atom. The van der Waals surface area contributed by atoms with Crippen molar-refractivity contribution in [2.45, 2.75) is 32.4 Å². The van der Waals surface area contributed by atoms with Crippen LogP contribution in [0.25, 0.3) is 0 Å². The molecule has 24 heavy (non-hydrogen) atoms. The number of carbonyl (C=O) groups is 1. The molecule has 0 saturated carbocycles. The lowest BCUT2D eigenvalue weighted by Crippen LogP contribution is -2.51. The van der Waals surface area contributed by atoms with Gasteiger partial charge in [-0.3, -0.25) is 14.9 Å². The fourth-order valence-electron chi connectivity index (χ4n) is 2.58. The third kappa shape index (κ3) is 4.94. The van der Waals surface area contributed by atoms with E-state index in [2.05, 4.69) is 15.6 Å². The summed E-state index contributed by atoms with van der Waals surface area (Å²) in [6.07, 6.45) is 1.29. The van der Waals surface area contributed by atoms with Gasteiger partial charge in [-0.2, -0.15) is 0 Å². The molecule has 1 aromatic carbocycles. The second-order valence-electron chi connectivity index (χ2n) is 5.78. The highest BCUT2D eigenvalue weighted by molar-refractivity contribution is 5.81. The molecule has 1 aromatic rings. The van der Waals surface area contributed by atoms with Crippen LogP contribution in [0.2, 0.25) is 0 Å². The van der Waals surface area contributed by atoms with E-state index in [9.17, 15) is 14.9 Å². The molecule has 1 fully saturated rings. The maximum Gasteiger partial charge on any atom is 0.269 e. The van der Waals surface area contributed by atoms with Gasteiger partial charge in [-0.15, -0.1) is 0 Å². The number of likely N-dealkylation sites (tertiary alicyclic amines) is 1. The van der Waals surface area contributed by atoms with Crippen molar-refractivity contribution in [3.63, 3.8) is 0 Å². The first-order valence-electron chi connectivity index (χ1n) is 8.01. The van der Waals surface area contributed by atoms with Gasteiger partial charge in [-0.1, -0.05) is 12.1 Å². The van der Waals surface area contributed by atoms with Gasteiger partial charge in [-0.25, -0.2) is 4.99 Å². The normalized spacial score (nSPS) is 18.4. The van der Waals surface area contributed by atoms with Crippen LogP contribution in [0, 0.1) is 10.1 Å². The molecule has 130 valence electrons. The molecule has 1 heterocycles. The van der Waals surface area contributed by atoms with Crippen LogP contribution < -0.4 is 10.6 Å². The van der Waals surface area contributed by atoms with Crippen LogP contribution in [-0.2, 0) is 11.3 Å². The number of hydrogen-bond donors (Lipinski definition) is 2. The maximum atomic E-state index is 11.5. The molecule has 1 saturated heterocycles. The summed E-state index contributed by atoms with van der Waals surface area (Å²) >= 11 is 0. The van der Waals surface area contributed by atoms with Crippen LogP contribution in [-0.4, -0.2) is 47.9 Å². The highest BCUT2D eigenvalue weighted by Crippen LogP contribution is 2.14. The molecular weight excluding hydrogens is 310 g/mol. The SMILES string of the molecule is CCNC(=NCc1cccc([N+](=O)[O-])c1)NC1CCC(=O)N(C)C1. The number of benzene rings is 1. The van der Waals surface area contributed by atoms with Gasteiger partial charge in [-0.05, 0) is 18.9 Å². The van der Waals surface area contributed by atoms with Gasteiger partial charge in [0.05, 0.1) is 11.5 Å². The molecule has 1 aliphatic rings. The zero-order valence-corrected chi connectivity index (χ0v) is 14.0. The molecule has 1 aliphatic heterocycles. The molecule has 8 nitrogen and oxygen atoms in total. The Morgan fingerprint density at radius 2 is 2.29 bits per heavy atom. The van der Waals surface area contributed by atoms with E-state index in [0.29, 0.717) is 32.0 Å². The van der Waals surface area contributed by atoms with Gasteiger partial charge in [0, 0.05) is 44.7 Å². The van der Waals surface area contributed by atoms with Crippen molar-refractivity contribution >= 4 is 17.6 Å². The van der Waals surface area contributed by atoms with Gasteiger partial charge < -0.3 is 15.5 Å². The number of non-ortho nitro benzene ring substituents is 1. The number of rotatable bonds is 5. The number of carbonyl (C=O) groups excluding carboxylic acids is 1. The van der Waals surface area contributed by atoms with Gasteiger partial charge in [0.1, 0.15) is 0 Å². The molecule has 0 aromatic heterocycles. The standard InChI is InChI=1S/C16H23N5O3/c1-3-17-16(19-13-7-8-15(22)20(2)11-13)18-10-12-5-4-6-14(9-12)21(23)24/h4-6,9,13H,3,7-8,10-11H2,1-2H3,(H2,17,18,19). The van der Waals surface area contributed by atoms with Gasteiger partial charge in [0.15, 0.2) is 5.96 Å². The van der Waals surface area contributed by atoms with Crippen molar-refractivity contribution in [1.29, 1.82) is 0 Å². The Kier molecular flexibility index (Phi) is 6.11. The van der Waals surface area contributed by atoms with Crippen molar-refractivity contribution in [3.05, 3.63) is 39.9 Å². The molecule has 0 radical (unpaired) electrons. The molecule has 1 amide bonds. The quantitative estimate of drug-likeness (QED) is 0.366. The van der Waals surface area contributed by atoms with Gasteiger partial charge in [0.2, 0.25) is 5.91 Å². The zero-order valence-electron chi connectivity index (χ0n) is 14.0. The summed E-state index contributed by atoms with van der Waals surface area (Å²) in [5, 5.41) is 17.3. The summed E-state index contributed by atoms with van der Waals surface area (Å²) in [4.78, 5) is 28.2. The van der Waals surface area contributed by atoms with E-state index in [1.807, 2.05) is 13.0 Å². The first-order chi connectivity index (χ1) is 11.5. The number of guanidine groups is 1. The molecule has 2 rings (SSSR count). The maximum absolute atomic E-state index is 11.5. The second kappa shape index (κ2) is 8.28. The van der Waals surface area contributed by atoms with E-state index in [0.717, 1.165) is 12.0 Å². The third-order valence-corrected chi connectivity index (χ3v) is 3.85. The van der Waals surface area contributed by atoms with Crippen LogP contribution in [0.5, 0.6) is 0 Å². The average Bonchev–Trinajstić information content (AvgIpc) is 2.56. The summed E-state index contributed by atoms with van der Waals surface area (Å²) in [7, 11) is 1.79. The Balaban J connectivity index is 2.01. The van der Waals surface area contributed by atoms with E-state index in [4.69, 9.17) is 0 Å². The number of likely N-dealkylation sites (N-methyl/N-ethyl adjacent to an activating group) is 1. The summed E-state index contributed by atoms with van der Waals surface area (Å²) in [5.41, 5.74) is 0.838. The Bertz CT molecular complexity index is 632. The lowest BCUT2D eigenvalue weighted by atomic mass is 10.1. The minimum absolute atomic E-state index is 0.0630. The molecular formula is C16H23N5O3. The second-order valence-corrected chi connectivity index (χ2v) is 5.78.